The average Bonchev–Trinajstić information content (AvgIpc) is 3.39. The lowest BCUT2D eigenvalue weighted by Gasteiger charge is -2.50. The van der Waals surface area contributed by atoms with Crippen LogP contribution in [0.25, 0.3) is 17.1 Å². The highest BCUT2D eigenvalue weighted by Gasteiger charge is 2.64. The van der Waals surface area contributed by atoms with E-state index in [0.29, 0.717) is 29.3 Å². The monoisotopic (exact) mass is 591 g/mol. The molecule has 0 radical (unpaired) electrons. The lowest BCUT2D eigenvalue weighted by molar-refractivity contribution is -0.153. The van der Waals surface area contributed by atoms with E-state index < -0.39 is 58.0 Å². The summed E-state index contributed by atoms with van der Waals surface area (Å²) < 4.78 is 5.98. The minimum atomic E-state index is -2.67. The van der Waals surface area contributed by atoms with Crippen LogP contribution in [-0.2, 0) is 27.3 Å². The van der Waals surface area contributed by atoms with Crippen LogP contribution in [0.3, 0.4) is 0 Å². The van der Waals surface area contributed by atoms with Gasteiger partial charge in [0, 0.05) is 29.2 Å². The normalized spacial score (nSPS) is 28.3. The summed E-state index contributed by atoms with van der Waals surface area (Å²) in [6, 6.07) is 3.94. The van der Waals surface area contributed by atoms with Crippen molar-refractivity contribution in [3.05, 3.63) is 58.1 Å². The first-order valence-corrected chi connectivity index (χ1v) is 14.6. The number of carbonyl (C=O) groups is 3. The zero-order chi connectivity index (χ0) is 31.0. The van der Waals surface area contributed by atoms with Gasteiger partial charge in [0.15, 0.2) is 11.4 Å². The Morgan fingerprint density at radius 1 is 1.14 bits per heavy atom. The molecule has 1 saturated heterocycles. The Hall–Kier alpha value is -3.93. The summed E-state index contributed by atoms with van der Waals surface area (Å²) in [6.45, 7) is 4.89. The summed E-state index contributed by atoms with van der Waals surface area (Å²) in [5.41, 5.74) is 3.97. The standard InChI is InChI=1S/C32H37N3O8/c1-15-6-9-35(10-7-15)14-16-8-11-43-28(16)18-4-5-21(36)23-19(18)12-17-13-20-25(34(2)3)27(38)24(31(33)41)30(40)32(20,42)29(39)22(17)26(23)37/h4-5,8,11,15,17,20,25,36-37,40,42H,6-7,9-10,12-14H2,1-3H3,(H2,33,41)/t17-,20-,25-,32-/m0/s1. The molecule has 1 saturated carbocycles. The molecule has 4 atom stereocenters. The van der Waals surface area contributed by atoms with E-state index in [9.17, 15) is 34.8 Å². The van der Waals surface area contributed by atoms with Crippen molar-refractivity contribution in [2.24, 2.45) is 23.5 Å². The molecule has 6 rings (SSSR count). The molecule has 4 aliphatic rings. The Kier molecular flexibility index (Phi) is 7.02. The Morgan fingerprint density at radius 3 is 2.49 bits per heavy atom. The van der Waals surface area contributed by atoms with E-state index >= 15 is 0 Å². The van der Waals surface area contributed by atoms with E-state index in [1.807, 2.05) is 6.07 Å². The van der Waals surface area contributed by atoms with Crippen LogP contribution in [0.2, 0.25) is 0 Å². The molecule has 43 heavy (non-hydrogen) atoms. The van der Waals surface area contributed by atoms with Crippen molar-refractivity contribution in [2.75, 3.05) is 27.2 Å². The molecule has 0 unspecified atom stereocenters. The number of fused-ring (bicyclic) bond motifs is 3. The van der Waals surface area contributed by atoms with Gasteiger partial charge in [-0.25, -0.2) is 0 Å². The van der Waals surface area contributed by atoms with Gasteiger partial charge in [-0.1, -0.05) is 6.92 Å². The number of likely N-dealkylation sites (N-methyl/N-ethyl adjacent to an activating group) is 1. The Bertz CT molecular complexity index is 1600. The number of hydrogen-bond acceptors (Lipinski definition) is 10. The molecule has 1 aromatic carbocycles. The molecular weight excluding hydrogens is 554 g/mol. The van der Waals surface area contributed by atoms with Crippen LogP contribution in [-0.4, -0.2) is 86.5 Å². The second-order valence-corrected chi connectivity index (χ2v) is 12.7. The summed E-state index contributed by atoms with van der Waals surface area (Å²) in [5.74, 6) is -5.46. The number of amides is 1. The molecule has 2 heterocycles. The Labute approximate surface area is 248 Å². The number of likely N-dealkylation sites (tertiary alicyclic amines) is 1. The fourth-order valence-corrected chi connectivity index (χ4v) is 7.61. The first-order chi connectivity index (χ1) is 20.4. The lowest BCUT2D eigenvalue weighted by atomic mass is 9.57. The molecule has 2 aromatic rings. The van der Waals surface area contributed by atoms with Crippen LogP contribution in [0.4, 0.5) is 0 Å². The van der Waals surface area contributed by atoms with Gasteiger partial charge in [-0.2, -0.15) is 0 Å². The number of phenols is 1. The van der Waals surface area contributed by atoms with Gasteiger partial charge in [0.25, 0.3) is 5.91 Å². The third-order valence-corrected chi connectivity index (χ3v) is 9.87. The number of carbonyl (C=O) groups excluding carboxylic acids is 3. The molecule has 2 fully saturated rings. The van der Waals surface area contributed by atoms with E-state index in [-0.39, 0.29) is 29.7 Å². The van der Waals surface area contributed by atoms with Crippen molar-refractivity contribution in [3.8, 4) is 17.1 Å². The summed E-state index contributed by atoms with van der Waals surface area (Å²) in [6.07, 6.45) is 4.08. The number of nitrogens with two attached hydrogens (primary N) is 1. The number of aliphatic hydroxyl groups excluding tert-OH is 2. The van der Waals surface area contributed by atoms with Gasteiger partial charge < -0.3 is 30.6 Å². The zero-order valence-corrected chi connectivity index (χ0v) is 24.5. The van der Waals surface area contributed by atoms with Gasteiger partial charge in [-0.3, -0.25) is 24.2 Å². The van der Waals surface area contributed by atoms with Gasteiger partial charge in [-0.15, -0.1) is 0 Å². The maximum absolute atomic E-state index is 14.1. The number of furan rings is 1. The van der Waals surface area contributed by atoms with Crippen LogP contribution in [0.15, 0.2) is 45.8 Å². The third-order valence-electron chi connectivity index (χ3n) is 9.87. The average molecular weight is 592 g/mol. The molecule has 11 nitrogen and oxygen atoms in total. The molecule has 228 valence electrons. The van der Waals surface area contributed by atoms with Gasteiger partial charge in [0.2, 0.25) is 5.78 Å². The van der Waals surface area contributed by atoms with Crippen LogP contribution < -0.4 is 5.73 Å². The number of Topliss-reactive ketones (excluding diaryl/α,β-unsaturated/α-hetero) is 2. The van der Waals surface area contributed by atoms with Gasteiger partial charge >= 0.3 is 0 Å². The largest absolute Gasteiger partial charge is 0.508 e. The topological polar surface area (TPSA) is 178 Å². The van der Waals surface area contributed by atoms with Gasteiger partial charge in [0.05, 0.1) is 17.9 Å². The van der Waals surface area contributed by atoms with E-state index in [1.54, 1.807) is 26.4 Å². The van der Waals surface area contributed by atoms with E-state index in [4.69, 9.17) is 10.2 Å². The SMILES string of the molecule is CC1CCN(Cc2ccoc2-c2ccc(O)c3c2C[C@H]2C[C@H]4[C@H](N(C)C)C(=O)C(C(N)=O)=C(O)[C@@]4(O)C(=O)C2=C3O)CC1. The summed E-state index contributed by atoms with van der Waals surface area (Å²) in [4.78, 5) is 43.4. The van der Waals surface area contributed by atoms with Crippen molar-refractivity contribution >= 4 is 23.2 Å². The molecule has 3 aliphatic carbocycles. The fraction of sp³-hybridized carbons (Fsp3) is 0.469. The quantitative estimate of drug-likeness (QED) is 0.325. The molecular formula is C32H37N3O8. The number of phenolic OH excluding ortho intramolecular Hbond substituents is 1. The van der Waals surface area contributed by atoms with E-state index in [1.165, 1.54) is 11.0 Å². The molecule has 1 aromatic heterocycles. The molecule has 11 heteroatoms. The third kappa shape index (κ3) is 4.32. The second kappa shape index (κ2) is 10.4. The van der Waals surface area contributed by atoms with Crippen molar-refractivity contribution in [3.63, 3.8) is 0 Å². The van der Waals surface area contributed by atoms with E-state index in [2.05, 4.69) is 11.8 Å². The van der Waals surface area contributed by atoms with Crippen molar-refractivity contribution in [2.45, 2.75) is 50.8 Å². The van der Waals surface area contributed by atoms with Crippen molar-refractivity contribution in [1.82, 2.24) is 9.80 Å². The summed E-state index contributed by atoms with van der Waals surface area (Å²) in [5, 5.41) is 45.3. The number of nitrogens with zero attached hydrogens (tertiary/aromatic N) is 2. The molecule has 6 N–H and O–H groups in total. The van der Waals surface area contributed by atoms with Crippen LogP contribution in [0, 0.1) is 17.8 Å². The second-order valence-electron chi connectivity index (χ2n) is 12.7. The van der Waals surface area contributed by atoms with E-state index in [0.717, 1.165) is 31.5 Å². The maximum atomic E-state index is 14.1. The fourth-order valence-electron chi connectivity index (χ4n) is 7.61. The first kappa shape index (κ1) is 29.2. The highest BCUT2D eigenvalue weighted by molar-refractivity contribution is 6.24. The molecule has 0 bridgehead atoms. The number of primary amides is 1. The maximum Gasteiger partial charge on any atom is 0.255 e. The number of aromatic hydroxyl groups is 1. The number of piperidine rings is 1. The highest BCUT2D eigenvalue weighted by Crippen LogP contribution is 2.53. The Balaban J connectivity index is 1.46. The summed E-state index contributed by atoms with van der Waals surface area (Å²) in [7, 11) is 3.15. The van der Waals surface area contributed by atoms with Crippen LogP contribution >= 0.6 is 0 Å². The smallest absolute Gasteiger partial charge is 0.255 e. The van der Waals surface area contributed by atoms with Crippen LogP contribution in [0.1, 0.15) is 42.9 Å². The number of benzene rings is 1. The minimum absolute atomic E-state index is 0.0256. The Morgan fingerprint density at radius 2 is 1.84 bits per heavy atom. The van der Waals surface area contributed by atoms with Crippen molar-refractivity contribution in [1.29, 1.82) is 0 Å². The number of ketones is 2. The molecule has 1 amide bonds. The molecule has 0 spiro atoms. The number of hydrogen-bond donors (Lipinski definition) is 5. The lowest BCUT2D eigenvalue weighted by Crippen LogP contribution is -2.65. The van der Waals surface area contributed by atoms with Crippen molar-refractivity contribution < 1.29 is 39.2 Å². The predicted molar refractivity (Wildman–Crippen MR) is 156 cm³/mol. The highest BCUT2D eigenvalue weighted by atomic mass is 16.3. The molecule has 1 aliphatic heterocycles. The minimum Gasteiger partial charge on any atom is -0.508 e. The number of aliphatic hydroxyl groups is 3. The van der Waals surface area contributed by atoms with Gasteiger partial charge in [-0.05, 0) is 88.5 Å². The first-order valence-electron chi connectivity index (χ1n) is 14.6. The number of rotatable bonds is 5. The zero-order valence-electron chi connectivity index (χ0n) is 24.5. The summed E-state index contributed by atoms with van der Waals surface area (Å²) >= 11 is 0. The predicted octanol–water partition coefficient (Wildman–Crippen LogP) is 2.46. The van der Waals surface area contributed by atoms with Gasteiger partial charge in [0.1, 0.15) is 28.6 Å². The van der Waals surface area contributed by atoms with Crippen LogP contribution in [0.5, 0.6) is 5.75 Å².